The maximum atomic E-state index is 4.40. The summed E-state index contributed by atoms with van der Waals surface area (Å²) in [4.78, 5) is 0. The summed E-state index contributed by atoms with van der Waals surface area (Å²) in [6, 6.07) is 65.2. The van der Waals surface area contributed by atoms with Crippen molar-refractivity contribution in [3.8, 4) is 39.1 Å². The number of hydrogen-bond donors (Lipinski definition) is 1. The molecule has 2 nitrogen and oxygen atoms in total. The minimum absolute atomic E-state index is 0.566. The lowest BCUT2D eigenvalue weighted by Crippen LogP contribution is -2.12. The summed E-state index contributed by atoms with van der Waals surface area (Å²) in [5.74, 6) is 1.18. The number of fused-ring (bicyclic) bond motifs is 3. The number of nitrogens with one attached hydrogen (secondary N) is 1. The second-order valence-electron chi connectivity index (χ2n) is 20.5. The zero-order chi connectivity index (χ0) is 50.7. The van der Waals surface area contributed by atoms with E-state index in [9.17, 15) is 0 Å². The molecule has 0 amide bonds. The van der Waals surface area contributed by atoms with Crippen molar-refractivity contribution in [3.63, 3.8) is 0 Å². The third kappa shape index (κ3) is 9.38. The standard InChI is InChI=1S/C72H66N2/c1-7-20-61(48(4)8-2)69-47-60(37-42-65(69)55-28-19-29-55)74-71-44-57(34-39-66(71)67-40-35-58(45-72(67)74)53-24-14-11-15-25-53)51(9-3)32-31-50(6)63-38-33-56(52-22-12-10-13-23-52)43-70(63)73-59-36-41-64(54-26-18-27-54)68(46-59)62-30-17-16-21-49(62)5/h7-17,20-25,30-47,54-55,73H,2-3,18-19,26-29H2,1,4-6H3/b20-7-,50-31+,51-32+,61-48+. The molecule has 364 valence electrons. The van der Waals surface area contributed by atoms with Gasteiger partial charge in [0.2, 0.25) is 0 Å². The van der Waals surface area contributed by atoms with Crippen molar-refractivity contribution in [1.29, 1.82) is 0 Å². The predicted molar refractivity (Wildman–Crippen MR) is 321 cm³/mol. The van der Waals surface area contributed by atoms with Gasteiger partial charge in [-0.25, -0.2) is 0 Å². The van der Waals surface area contributed by atoms with E-state index in [-0.39, 0.29) is 0 Å². The molecule has 11 rings (SSSR count). The highest BCUT2D eigenvalue weighted by molar-refractivity contribution is 6.11. The van der Waals surface area contributed by atoms with E-state index in [0.717, 1.165) is 44.9 Å². The van der Waals surface area contributed by atoms with Gasteiger partial charge in [0.1, 0.15) is 0 Å². The summed E-state index contributed by atoms with van der Waals surface area (Å²) in [7, 11) is 0. The smallest absolute Gasteiger partial charge is 0.0547 e. The SMILES string of the molecule is C=C/C(=C\C=C(/C)c1ccc(-c2ccccc2)cc1Nc1ccc(C2CCC2)c(-c2ccccc2C)c1)c1ccc2c3ccc(-c4ccccc4)cc3n(-c3ccc(C4CCC4)c(C(/C=C\C)=C(\C)C=C)c3)c2c1. The molecule has 2 heteroatoms. The van der Waals surface area contributed by atoms with Gasteiger partial charge in [-0.3, -0.25) is 0 Å². The van der Waals surface area contributed by atoms with Gasteiger partial charge in [0.25, 0.3) is 0 Å². The molecule has 2 aliphatic rings. The van der Waals surface area contributed by atoms with Crippen molar-refractivity contribution in [2.75, 3.05) is 5.32 Å². The quantitative estimate of drug-likeness (QED) is 0.101. The molecule has 1 heterocycles. The van der Waals surface area contributed by atoms with E-state index in [1.54, 1.807) is 0 Å². The fraction of sp³-hybridized carbons (Fsp3) is 0.167. The lowest BCUT2D eigenvalue weighted by molar-refractivity contribution is 0.419. The van der Waals surface area contributed by atoms with E-state index in [1.807, 2.05) is 12.2 Å². The maximum Gasteiger partial charge on any atom is 0.0547 e. The summed E-state index contributed by atoms with van der Waals surface area (Å²) in [5.41, 5.74) is 25.4. The van der Waals surface area contributed by atoms with E-state index in [2.05, 4.69) is 251 Å². The highest BCUT2D eigenvalue weighted by atomic mass is 15.0. The molecule has 1 N–H and O–H groups in total. The van der Waals surface area contributed by atoms with Crippen molar-refractivity contribution < 1.29 is 0 Å². The Balaban J connectivity index is 1.02. The summed E-state index contributed by atoms with van der Waals surface area (Å²) in [5, 5.41) is 6.39. The Bertz CT molecular complexity index is 3710. The first-order valence-corrected chi connectivity index (χ1v) is 26.7. The lowest BCUT2D eigenvalue weighted by atomic mass is 9.76. The molecule has 2 saturated carbocycles. The molecule has 8 aromatic carbocycles. The van der Waals surface area contributed by atoms with Gasteiger partial charge < -0.3 is 9.88 Å². The van der Waals surface area contributed by atoms with E-state index in [4.69, 9.17) is 0 Å². The highest BCUT2D eigenvalue weighted by Gasteiger charge is 2.26. The van der Waals surface area contributed by atoms with Gasteiger partial charge in [-0.2, -0.15) is 0 Å². The third-order valence-corrected chi connectivity index (χ3v) is 16.0. The molecule has 0 atom stereocenters. The fourth-order valence-electron chi connectivity index (χ4n) is 11.4. The van der Waals surface area contributed by atoms with Gasteiger partial charge in [0.15, 0.2) is 0 Å². The van der Waals surface area contributed by atoms with E-state index >= 15 is 0 Å². The summed E-state index contributed by atoms with van der Waals surface area (Å²) < 4.78 is 2.49. The lowest BCUT2D eigenvalue weighted by Gasteiger charge is -2.29. The van der Waals surface area contributed by atoms with Gasteiger partial charge in [-0.05, 0) is 191 Å². The van der Waals surface area contributed by atoms with Crippen LogP contribution in [0.4, 0.5) is 11.4 Å². The summed E-state index contributed by atoms with van der Waals surface area (Å²) in [6.45, 7) is 17.4. The number of aromatic nitrogens is 1. The first-order chi connectivity index (χ1) is 36.3. The van der Waals surface area contributed by atoms with Crippen LogP contribution in [0.15, 0.2) is 231 Å². The number of allylic oxidation sites excluding steroid dienone is 10. The number of hydrogen-bond acceptors (Lipinski definition) is 1. The van der Waals surface area contributed by atoms with Gasteiger partial charge in [0, 0.05) is 33.4 Å². The van der Waals surface area contributed by atoms with Crippen LogP contribution in [0.25, 0.3) is 77.6 Å². The van der Waals surface area contributed by atoms with Crippen LogP contribution < -0.4 is 5.32 Å². The topological polar surface area (TPSA) is 17.0 Å². The summed E-state index contributed by atoms with van der Waals surface area (Å²) in [6.07, 6.45) is 20.5. The predicted octanol–water partition coefficient (Wildman–Crippen LogP) is 20.6. The normalized spacial score (nSPS) is 14.8. The Morgan fingerprint density at radius 2 is 1.19 bits per heavy atom. The molecule has 0 aliphatic heterocycles. The van der Waals surface area contributed by atoms with E-state index in [1.165, 1.54) is 122 Å². The third-order valence-electron chi connectivity index (χ3n) is 16.0. The Labute approximate surface area is 439 Å². The zero-order valence-electron chi connectivity index (χ0n) is 43.5. The molecule has 0 saturated heterocycles. The Hall–Kier alpha value is -8.20. The van der Waals surface area contributed by atoms with Gasteiger partial charge in [-0.1, -0.05) is 196 Å². The Morgan fingerprint density at radius 3 is 1.85 bits per heavy atom. The minimum atomic E-state index is 0.566. The molecule has 9 aromatic rings. The van der Waals surface area contributed by atoms with Crippen LogP contribution in [-0.2, 0) is 0 Å². The second kappa shape index (κ2) is 21.1. The molecule has 1 aromatic heterocycles. The van der Waals surface area contributed by atoms with Crippen LogP contribution in [0.5, 0.6) is 0 Å². The number of nitrogens with zero attached hydrogens (tertiary/aromatic N) is 1. The molecule has 0 unspecified atom stereocenters. The van der Waals surface area contributed by atoms with Crippen molar-refractivity contribution in [3.05, 3.63) is 264 Å². The van der Waals surface area contributed by atoms with Gasteiger partial charge >= 0.3 is 0 Å². The molecular weight excluding hydrogens is 893 g/mol. The maximum absolute atomic E-state index is 4.40. The Kier molecular flexibility index (Phi) is 13.7. The highest BCUT2D eigenvalue weighted by Crippen LogP contribution is 2.45. The number of benzene rings is 8. The molecule has 2 fully saturated rings. The van der Waals surface area contributed by atoms with Crippen molar-refractivity contribution in [2.45, 2.75) is 78.1 Å². The van der Waals surface area contributed by atoms with Crippen LogP contribution >= 0.6 is 0 Å². The van der Waals surface area contributed by atoms with E-state index in [0.29, 0.717) is 11.8 Å². The average molecular weight is 959 g/mol. The number of rotatable bonds is 15. The van der Waals surface area contributed by atoms with Crippen LogP contribution in [0, 0.1) is 6.92 Å². The van der Waals surface area contributed by atoms with Crippen molar-refractivity contribution >= 4 is 49.9 Å². The molecule has 2 aliphatic carbocycles. The summed E-state index contributed by atoms with van der Waals surface area (Å²) >= 11 is 0. The minimum Gasteiger partial charge on any atom is -0.355 e. The Morgan fingerprint density at radius 1 is 0.554 bits per heavy atom. The van der Waals surface area contributed by atoms with Crippen molar-refractivity contribution in [2.24, 2.45) is 0 Å². The molecule has 0 radical (unpaired) electrons. The monoisotopic (exact) mass is 959 g/mol. The van der Waals surface area contributed by atoms with Crippen LogP contribution in [-0.4, -0.2) is 4.57 Å². The first-order valence-electron chi connectivity index (χ1n) is 26.7. The molecule has 0 bridgehead atoms. The number of anilines is 2. The van der Waals surface area contributed by atoms with Gasteiger partial charge in [0.05, 0.1) is 11.0 Å². The van der Waals surface area contributed by atoms with Crippen LogP contribution in [0.1, 0.15) is 105 Å². The largest absolute Gasteiger partial charge is 0.355 e. The second-order valence-corrected chi connectivity index (χ2v) is 20.5. The average Bonchev–Trinajstić information content (AvgIpc) is 3.74. The molecular formula is C72H66N2. The zero-order valence-corrected chi connectivity index (χ0v) is 43.5. The fourth-order valence-corrected chi connectivity index (χ4v) is 11.4. The van der Waals surface area contributed by atoms with Gasteiger partial charge in [-0.15, -0.1) is 0 Å². The van der Waals surface area contributed by atoms with Crippen molar-refractivity contribution in [1.82, 2.24) is 4.57 Å². The van der Waals surface area contributed by atoms with Crippen LogP contribution in [0.2, 0.25) is 0 Å². The molecule has 0 spiro atoms. The van der Waals surface area contributed by atoms with E-state index < -0.39 is 0 Å². The molecule has 74 heavy (non-hydrogen) atoms. The first kappa shape index (κ1) is 48.1. The number of aryl methyl sites for hydroxylation is 1. The van der Waals surface area contributed by atoms with Crippen LogP contribution in [0.3, 0.4) is 0 Å².